The fourth-order valence-electron chi connectivity index (χ4n) is 2.98. The normalized spacial score (nSPS) is 16.4. The van der Waals surface area contributed by atoms with Crippen molar-refractivity contribution in [2.75, 3.05) is 6.61 Å². The van der Waals surface area contributed by atoms with Gasteiger partial charge in [-0.1, -0.05) is 25.2 Å². The lowest BCUT2D eigenvalue weighted by molar-refractivity contribution is 0.0918. The SMILES string of the molecule is C#CCOc1c(F)cc(C(=O)NC(C)C2CCCCC2)cc1F. The summed E-state index contributed by atoms with van der Waals surface area (Å²) in [5.74, 6) is -0.354. The van der Waals surface area contributed by atoms with Crippen LogP contribution in [0.3, 0.4) is 0 Å². The van der Waals surface area contributed by atoms with E-state index in [1.54, 1.807) is 0 Å². The fraction of sp³-hybridized carbons (Fsp3) is 0.500. The number of hydrogen-bond donors (Lipinski definition) is 1. The molecule has 5 heteroatoms. The van der Waals surface area contributed by atoms with E-state index in [-0.39, 0.29) is 18.2 Å². The average molecular weight is 321 g/mol. The number of carbonyl (C=O) groups is 1. The maximum Gasteiger partial charge on any atom is 0.251 e. The Morgan fingerprint density at radius 1 is 1.35 bits per heavy atom. The van der Waals surface area contributed by atoms with Gasteiger partial charge in [-0.3, -0.25) is 4.79 Å². The largest absolute Gasteiger partial charge is 0.475 e. The topological polar surface area (TPSA) is 38.3 Å². The number of amides is 1. The van der Waals surface area contributed by atoms with Gasteiger partial charge in [-0.2, -0.15) is 0 Å². The van der Waals surface area contributed by atoms with Crippen molar-refractivity contribution in [2.45, 2.75) is 45.1 Å². The van der Waals surface area contributed by atoms with Gasteiger partial charge in [0.15, 0.2) is 17.4 Å². The van der Waals surface area contributed by atoms with Crippen LogP contribution in [0.1, 0.15) is 49.4 Å². The smallest absolute Gasteiger partial charge is 0.251 e. The van der Waals surface area contributed by atoms with Gasteiger partial charge in [0.2, 0.25) is 0 Å². The quantitative estimate of drug-likeness (QED) is 0.840. The van der Waals surface area contributed by atoms with Crippen molar-refractivity contribution in [1.29, 1.82) is 0 Å². The number of hydrogen-bond acceptors (Lipinski definition) is 2. The van der Waals surface area contributed by atoms with Gasteiger partial charge in [0.05, 0.1) is 0 Å². The van der Waals surface area contributed by atoms with E-state index in [2.05, 4.69) is 11.2 Å². The Morgan fingerprint density at radius 3 is 2.52 bits per heavy atom. The standard InChI is InChI=1S/C18H21F2NO2/c1-3-9-23-17-15(19)10-14(11-16(17)20)18(22)21-12(2)13-7-5-4-6-8-13/h1,10-13H,4-9H2,2H3,(H,21,22). The Balaban J connectivity index is 2.05. The van der Waals surface area contributed by atoms with Gasteiger partial charge in [0.25, 0.3) is 5.91 Å². The molecule has 1 aliphatic carbocycles. The van der Waals surface area contributed by atoms with E-state index in [1.807, 2.05) is 6.92 Å². The number of rotatable bonds is 5. The van der Waals surface area contributed by atoms with Crippen molar-refractivity contribution in [3.63, 3.8) is 0 Å². The second-order valence-corrected chi connectivity index (χ2v) is 5.92. The zero-order valence-electron chi connectivity index (χ0n) is 13.2. The van der Waals surface area contributed by atoms with E-state index < -0.39 is 23.3 Å². The minimum Gasteiger partial charge on any atom is -0.475 e. The van der Waals surface area contributed by atoms with Crippen LogP contribution in [0, 0.1) is 29.9 Å². The monoisotopic (exact) mass is 321 g/mol. The third-order valence-electron chi connectivity index (χ3n) is 4.28. The lowest BCUT2D eigenvalue weighted by atomic mass is 9.84. The molecule has 1 aromatic carbocycles. The molecule has 0 spiro atoms. The molecule has 0 aromatic heterocycles. The van der Waals surface area contributed by atoms with Crippen LogP contribution in [0.4, 0.5) is 8.78 Å². The van der Waals surface area contributed by atoms with E-state index in [0.29, 0.717) is 5.92 Å². The molecule has 124 valence electrons. The highest BCUT2D eigenvalue weighted by molar-refractivity contribution is 5.94. The van der Waals surface area contributed by atoms with Crippen molar-refractivity contribution in [1.82, 2.24) is 5.32 Å². The molecule has 0 bridgehead atoms. The van der Waals surface area contributed by atoms with Crippen LogP contribution >= 0.6 is 0 Å². The molecule has 1 aliphatic rings. The van der Waals surface area contributed by atoms with E-state index in [1.165, 1.54) is 6.42 Å². The van der Waals surface area contributed by atoms with Crippen LogP contribution < -0.4 is 10.1 Å². The molecule has 1 N–H and O–H groups in total. The minimum atomic E-state index is -0.935. The molecule has 0 heterocycles. The number of carbonyl (C=O) groups excluding carboxylic acids is 1. The molecule has 23 heavy (non-hydrogen) atoms. The minimum absolute atomic E-state index is 0.0220. The van der Waals surface area contributed by atoms with Crippen LogP contribution in [0.5, 0.6) is 5.75 Å². The predicted molar refractivity (Wildman–Crippen MR) is 84.2 cm³/mol. The maximum absolute atomic E-state index is 13.9. The van der Waals surface area contributed by atoms with Crippen molar-refractivity contribution in [3.8, 4) is 18.1 Å². The van der Waals surface area contributed by atoms with Crippen LogP contribution in [0.25, 0.3) is 0 Å². The summed E-state index contributed by atoms with van der Waals surface area (Å²) in [6.45, 7) is 1.70. The molecular weight excluding hydrogens is 300 g/mol. The Hall–Kier alpha value is -2.09. The summed E-state index contributed by atoms with van der Waals surface area (Å²) in [4.78, 5) is 12.2. The zero-order valence-corrected chi connectivity index (χ0v) is 13.2. The zero-order chi connectivity index (χ0) is 16.8. The van der Waals surface area contributed by atoms with Crippen LogP contribution in [0.15, 0.2) is 12.1 Å². The Labute approximate surface area is 135 Å². The third-order valence-corrected chi connectivity index (χ3v) is 4.28. The van der Waals surface area contributed by atoms with Crippen LogP contribution in [-0.4, -0.2) is 18.6 Å². The molecule has 2 rings (SSSR count). The van der Waals surface area contributed by atoms with Gasteiger partial charge >= 0.3 is 0 Å². The van der Waals surface area contributed by atoms with Crippen molar-refractivity contribution < 1.29 is 18.3 Å². The Bertz CT molecular complexity index is 581. The Morgan fingerprint density at radius 2 is 1.96 bits per heavy atom. The predicted octanol–water partition coefficient (Wildman–Crippen LogP) is 3.68. The summed E-state index contributed by atoms with van der Waals surface area (Å²) in [6, 6.07) is 1.92. The van der Waals surface area contributed by atoms with Gasteiger partial charge in [0, 0.05) is 11.6 Å². The summed E-state index contributed by atoms with van der Waals surface area (Å²) in [6.07, 6.45) is 10.7. The number of terminal acetylenes is 1. The average Bonchev–Trinajstić information content (AvgIpc) is 2.54. The summed E-state index contributed by atoms with van der Waals surface area (Å²) >= 11 is 0. The molecule has 0 saturated heterocycles. The lowest BCUT2D eigenvalue weighted by Crippen LogP contribution is -2.39. The van der Waals surface area contributed by atoms with Crippen LogP contribution in [0.2, 0.25) is 0 Å². The molecular formula is C18H21F2NO2. The van der Waals surface area contributed by atoms with Gasteiger partial charge in [-0.05, 0) is 37.8 Å². The van der Waals surface area contributed by atoms with E-state index in [4.69, 9.17) is 11.2 Å². The third kappa shape index (κ3) is 4.44. The highest BCUT2D eigenvalue weighted by Crippen LogP contribution is 2.27. The van der Waals surface area contributed by atoms with E-state index in [9.17, 15) is 13.6 Å². The number of ether oxygens (including phenoxy) is 1. The first-order valence-corrected chi connectivity index (χ1v) is 7.89. The second-order valence-electron chi connectivity index (χ2n) is 5.92. The van der Waals surface area contributed by atoms with Crippen LogP contribution in [-0.2, 0) is 0 Å². The highest BCUT2D eigenvalue weighted by atomic mass is 19.1. The maximum atomic E-state index is 13.9. The summed E-state index contributed by atoms with van der Waals surface area (Å²) in [7, 11) is 0. The Kier molecular flexibility index (Phi) is 5.97. The summed E-state index contributed by atoms with van der Waals surface area (Å²) < 4.78 is 32.6. The fourth-order valence-corrected chi connectivity index (χ4v) is 2.98. The molecule has 0 radical (unpaired) electrons. The first-order valence-electron chi connectivity index (χ1n) is 7.89. The van der Waals surface area contributed by atoms with E-state index in [0.717, 1.165) is 37.8 Å². The molecule has 1 aromatic rings. The highest BCUT2D eigenvalue weighted by Gasteiger charge is 2.23. The summed E-state index contributed by atoms with van der Waals surface area (Å²) in [5.41, 5.74) is -0.0595. The van der Waals surface area contributed by atoms with Gasteiger partial charge in [0.1, 0.15) is 6.61 Å². The molecule has 1 saturated carbocycles. The van der Waals surface area contributed by atoms with Gasteiger partial charge in [-0.15, -0.1) is 6.42 Å². The first kappa shape index (κ1) is 17.3. The van der Waals surface area contributed by atoms with Gasteiger partial charge in [-0.25, -0.2) is 8.78 Å². The molecule has 1 unspecified atom stereocenters. The van der Waals surface area contributed by atoms with Crippen molar-refractivity contribution in [2.24, 2.45) is 5.92 Å². The summed E-state index contributed by atoms with van der Waals surface area (Å²) in [5, 5.41) is 2.84. The van der Waals surface area contributed by atoms with E-state index >= 15 is 0 Å². The number of benzene rings is 1. The molecule has 0 aliphatic heterocycles. The van der Waals surface area contributed by atoms with Gasteiger partial charge < -0.3 is 10.1 Å². The first-order chi connectivity index (χ1) is 11.0. The second kappa shape index (κ2) is 7.96. The molecule has 1 fully saturated rings. The number of nitrogens with one attached hydrogen (secondary N) is 1. The molecule has 1 atom stereocenters. The number of halogens is 2. The van der Waals surface area contributed by atoms with Crippen molar-refractivity contribution in [3.05, 3.63) is 29.3 Å². The van der Waals surface area contributed by atoms with Crippen molar-refractivity contribution >= 4 is 5.91 Å². The molecule has 1 amide bonds. The lowest BCUT2D eigenvalue weighted by Gasteiger charge is -2.28. The molecule has 3 nitrogen and oxygen atoms in total.